The highest BCUT2D eigenvalue weighted by atomic mass is 19.1. The number of carbonyl (C=O) groups is 1. The average Bonchev–Trinajstić information content (AvgIpc) is 3.72. The fourth-order valence-corrected chi connectivity index (χ4v) is 9.15. The zero-order valence-electron chi connectivity index (χ0n) is 27.1. The van der Waals surface area contributed by atoms with E-state index in [0.29, 0.717) is 66.8 Å². The van der Waals surface area contributed by atoms with E-state index < -0.39 is 11.6 Å². The molecule has 4 fully saturated rings. The summed E-state index contributed by atoms with van der Waals surface area (Å²) in [5.74, 6) is -0.464. The van der Waals surface area contributed by atoms with Gasteiger partial charge in [0.05, 0.1) is 35.6 Å². The van der Waals surface area contributed by atoms with E-state index in [9.17, 15) is 4.79 Å². The van der Waals surface area contributed by atoms with E-state index in [1.54, 1.807) is 36.5 Å². The van der Waals surface area contributed by atoms with Gasteiger partial charge in [-0.15, -0.1) is 0 Å². The second-order valence-electron chi connectivity index (χ2n) is 14.5. The highest BCUT2D eigenvalue weighted by Crippen LogP contribution is 2.42. The fraction of sp³-hybridized carbons (Fsp3) is 0.500. The van der Waals surface area contributed by atoms with Crippen LogP contribution >= 0.6 is 0 Å². The predicted molar refractivity (Wildman–Crippen MR) is 177 cm³/mol. The molecule has 7 heterocycles. The van der Waals surface area contributed by atoms with E-state index in [2.05, 4.69) is 20.1 Å². The number of ether oxygens (including phenoxy) is 2. The van der Waals surface area contributed by atoms with Crippen molar-refractivity contribution in [1.82, 2.24) is 30.1 Å². The van der Waals surface area contributed by atoms with Crippen LogP contribution in [0.15, 0.2) is 42.6 Å². The van der Waals surface area contributed by atoms with Crippen LogP contribution < -0.4 is 15.0 Å². The van der Waals surface area contributed by atoms with E-state index in [4.69, 9.17) is 19.4 Å². The van der Waals surface area contributed by atoms with Crippen molar-refractivity contribution in [3.8, 4) is 17.3 Å². The summed E-state index contributed by atoms with van der Waals surface area (Å²) in [6.45, 7) is 4.24. The Morgan fingerprint density at radius 2 is 1.94 bits per heavy atom. The monoisotopic (exact) mass is 655 g/mol. The molecule has 4 aromatic rings. The van der Waals surface area contributed by atoms with Crippen molar-refractivity contribution in [2.45, 2.75) is 61.7 Å². The van der Waals surface area contributed by atoms with Crippen molar-refractivity contribution in [1.29, 1.82) is 0 Å². The first-order valence-electron chi connectivity index (χ1n) is 17.1. The lowest BCUT2D eigenvalue weighted by Gasteiger charge is -2.44. The third kappa shape index (κ3) is 4.90. The minimum absolute atomic E-state index is 0.00381. The van der Waals surface area contributed by atoms with Gasteiger partial charge in [-0.3, -0.25) is 14.7 Å². The minimum Gasteiger partial charge on any atom is -0.461 e. The minimum atomic E-state index is -0.643. The number of fused-ring (bicyclic) bond motifs is 9. The van der Waals surface area contributed by atoms with Crippen LogP contribution in [0, 0.1) is 11.6 Å². The summed E-state index contributed by atoms with van der Waals surface area (Å²) in [7, 11) is 1.86. The number of nitrogens with one attached hydrogen (secondary N) is 1. The maximum absolute atomic E-state index is 16.9. The molecule has 5 aliphatic rings. The molecule has 0 radical (unpaired) electrons. The molecule has 7 bridgehead atoms. The van der Waals surface area contributed by atoms with Crippen molar-refractivity contribution in [2.24, 2.45) is 0 Å². The molecule has 10 nitrogen and oxygen atoms in total. The number of pyridine rings is 1. The first-order chi connectivity index (χ1) is 23.3. The van der Waals surface area contributed by atoms with Crippen molar-refractivity contribution in [2.75, 3.05) is 57.9 Å². The van der Waals surface area contributed by atoms with Crippen molar-refractivity contribution < 1.29 is 23.0 Å². The molecule has 1 N–H and O–H groups in total. The van der Waals surface area contributed by atoms with Gasteiger partial charge in [0.1, 0.15) is 29.5 Å². The number of hydrogen-bond acceptors (Lipinski definition) is 9. The molecule has 9 rings (SSSR count). The van der Waals surface area contributed by atoms with E-state index in [0.717, 1.165) is 45.2 Å². The Hall–Kier alpha value is -4.00. The van der Waals surface area contributed by atoms with Gasteiger partial charge in [-0.1, -0.05) is 30.3 Å². The Morgan fingerprint density at radius 1 is 1.06 bits per heavy atom. The lowest BCUT2D eigenvalue weighted by Crippen LogP contribution is -2.64. The Balaban J connectivity index is 1.18. The Kier molecular flexibility index (Phi) is 7.07. The molecule has 2 aromatic carbocycles. The van der Waals surface area contributed by atoms with Crippen LogP contribution in [0.4, 0.5) is 14.6 Å². The number of halogens is 2. The lowest BCUT2D eigenvalue weighted by molar-refractivity contribution is -0.132. The second-order valence-corrected chi connectivity index (χ2v) is 14.5. The van der Waals surface area contributed by atoms with Gasteiger partial charge in [0.25, 0.3) is 0 Å². The van der Waals surface area contributed by atoms with E-state index in [1.165, 1.54) is 6.07 Å². The third-order valence-electron chi connectivity index (χ3n) is 11.3. The number of carbonyl (C=O) groups excluding carboxylic acids is 1. The molecule has 5 aliphatic heterocycles. The van der Waals surface area contributed by atoms with Gasteiger partial charge in [0, 0.05) is 56.4 Å². The van der Waals surface area contributed by atoms with Crippen LogP contribution in [0.1, 0.15) is 38.5 Å². The number of nitrogens with zero attached hydrogens (tertiary/aromatic N) is 6. The van der Waals surface area contributed by atoms with Crippen LogP contribution in [0.2, 0.25) is 0 Å². The zero-order chi connectivity index (χ0) is 32.6. The molecule has 0 aliphatic carbocycles. The van der Waals surface area contributed by atoms with Crippen LogP contribution in [0.25, 0.3) is 32.9 Å². The smallest absolute Gasteiger partial charge is 0.319 e. The van der Waals surface area contributed by atoms with Gasteiger partial charge >= 0.3 is 6.01 Å². The van der Waals surface area contributed by atoms with Crippen LogP contribution in [-0.2, 0) is 9.53 Å². The second kappa shape index (κ2) is 11.3. The van der Waals surface area contributed by atoms with Gasteiger partial charge < -0.3 is 24.6 Å². The average molecular weight is 656 g/mol. The maximum Gasteiger partial charge on any atom is 0.319 e. The molecule has 48 heavy (non-hydrogen) atoms. The van der Waals surface area contributed by atoms with Crippen molar-refractivity contribution >= 4 is 33.4 Å². The summed E-state index contributed by atoms with van der Waals surface area (Å²) < 4.78 is 44.8. The molecule has 0 saturated carbocycles. The Labute approximate surface area is 277 Å². The summed E-state index contributed by atoms with van der Waals surface area (Å²) in [6.07, 6.45) is 6.60. The highest BCUT2D eigenvalue weighted by molar-refractivity contribution is 5.99. The van der Waals surface area contributed by atoms with Gasteiger partial charge in [0.15, 0.2) is 5.82 Å². The summed E-state index contributed by atoms with van der Waals surface area (Å²) in [5, 5.41) is 5.24. The molecule has 2 aromatic heterocycles. The molecule has 4 saturated heterocycles. The van der Waals surface area contributed by atoms with Gasteiger partial charge in [0.2, 0.25) is 5.91 Å². The van der Waals surface area contributed by atoms with E-state index >= 15 is 8.78 Å². The Bertz CT molecular complexity index is 1940. The quantitative estimate of drug-likeness (QED) is 0.322. The van der Waals surface area contributed by atoms with Crippen LogP contribution in [0.3, 0.4) is 0 Å². The number of anilines is 1. The van der Waals surface area contributed by atoms with Crippen molar-refractivity contribution in [3.63, 3.8) is 0 Å². The standard InChI is InChI=1S/C36H39F2N7O3/c1-43-19-35-12-9-23(42-35)17-44(20-35)33-26-16-39-31(25-7-2-5-22-6-3-8-27(37)29(22)25)30(38)32(26)40-34(41-33)48-21-36-11-4-13-45(36)18-24(15-36)47-14-10-28(43)46/h2-3,5-8,16,23-24,42H,4,9-15,17-21H2,1H3/t23-,24+,35-,36+/m0/s1. The summed E-state index contributed by atoms with van der Waals surface area (Å²) in [4.78, 5) is 34.0. The molecule has 2 spiro atoms. The van der Waals surface area contributed by atoms with E-state index in [1.807, 2.05) is 11.9 Å². The molecule has 12 heteroatoms. The van der Waals surface area contributed by atoms with Crippen LogP contribution in [-0.4, -0.2) is 107 Å². The molecular weight excluding hydrogens is 616 g/mol. The first kappa shape index (κ1) is 30.1. The largest absolute Gasteiger partial charge is 0.461 e. The number of amides is 1. The summed E-state index contributed by atoms with van der Waals surface area (Å²) in [6, 6.07) is 10.4. The Morgan fingerprint density at radius 3 is 2.83 bits per heavy atom. The maximum atomic E-state index is 16.9. The number of likely N-dealkylation sites (N-methyl/N-ethyl adjacent to an activating group) is 1. The number of aromatic nitrogens is 3. The third-order valence-corrected chi connectivity index (χ3v) is 11.3. The summed E-state index contributed by atoms with van der Waals surface area (Å²) >= 11 is 0. The fourth-order valence-electron chi connectivity index (χ4n) is 9.15. The van der Waals surface area contributed by atoms with Crippen molar-refractivity contribution in [3.05, 3.63) is 54.2 Å². The molecular formula is C36H39F2N7O3. The SMILES string of the molecule is CN1C[C@@]23CC[C@@H](CN(C2)c2nc(nc4c(F)c(-c5cccc6cccc(F)c56)ncc24)OC[C@]24CCCN2C[C@@H](C4)OCCC1=O)N3. The van der Waals surface area contributed by atoms with Gasteiger partial charge in [-0.05, 0) is 50.1 Å². The molecule has 4 atom stereocenters. The van der Waals surface area contributed by atoms with E-state index in [-0.39, 0.29) is 46.4 Å². The van der Waals surface area contributed by atoms with Gasteiger partial charge in [-0.25, -0.2) is 8.78 Å². The topological polar surface area (TPSA) is 96.0 Å². The molecule has 250 valence electrons. The zero-order valence-corrected chi connectivity index (χ0v) is 27.1. The number of rotatable bonds is 1. The number of piperazine rings is 1. The molecule has 1 amide bonds. The number of benzene rings is 2. The predicted octanol–water partition coefficient (Wildman–Crippen LogP) is 4.30. The lowest BCUT2D eigenvalue weighted by atomic mass is 9.94. The number of hydrogen-bond donors (Lipinski definition) is 1. The first-order valence-corrected chi connectivity index (χ1v) is 17.1. The normalized spacial score (nSPS) is 29.4. The molecule has 0 unspecified atom stereocenters. The highest BCUT2D eigenvalue weighted by Gasteiger charge is 2.50. The van der Waals surface area contributed by atoms with Crippen LogP contribution in [0.5, 0.6) is 6.01 Å². The summed E-state index contributed by atoms with van der Waals surface area (Å²) in [5.41, 5.74) is -0.108. The van der Waals surface area contributed by atoms with Gasteiger partial charge in [-0.2, -0.15) is 9.97 Å².